The molecule has 0 atom stereocenters. The van der Waals surface area contributed by atoms with Gasteiger partial charge in [-0.15, -0.1) is 0 Å². The van der Waals surface area contributed by atoms with Crippen LogP contribution < -0.4 is 9.47 Å². The van der Waals surface area contributed by atoms with Crippen LogP contribution in [0.5, 0.6) is 11.5 Å². The minimum absolute atomic E-state index is 0.250. The van der Waals surface area contributed by atoms with Crippen LogP contribution in [0.2, 0.25) is 0 Å². The van der Waals surface area contributed by atoms with Crippen molar-refractivity contribution in [2.24, 2.45) is 0 Å². The van der Waals surface area contributed by atoms with Gasteiger partial charge in [-0.25, -0.2) is 9.59 Å². The van der Waals surface area contributed by atoms with Gasteiger partial charge in [0.25, 0.3) is 0 Å². The zero-order valence-corrected chi connectivity index (χ0v) is 18.1. The SMILES string of the molecule is CCOc1ccc(Br)cc1C(=O)Oc1cccc(C(=O)OCCc2ccccc2)c1. The van der Waals surface area contributed by atoms with Crippen molar-refractivity contribution in [1.29, 1.82) is 0 Å². The number of carbonyl (C=O) groups is 2. The Balaban J connectivity index is 1.64. The summed E-state index contributed by atoms with van der Waals surface area (Å²) in [5.41, 5.74) is 1.70. The average Bonchev–Trinajstić information content (AvgIpc) is 2.76. The number of halogens is 1. The maximum Gasteiger partial charge on any atom is 0.347 e. The average molecular weight is 469 g/mol. The Labute approximate surface area is 183 Å². The van der Waals surface area contributed by atoms with Crippen LogP contribution in [0.3, 0.4) is 0 Å². The lowest BCUT2D eigenvalue weighted by Crippen LogP contribution is -2.12. The first-order valence-electron chi connectivity index (χ1n) is 9.52. The van der Waals surface area contributed by atoms with Crippen molar-refractivity contribution in [3.8, 4) is 11.5 Å². The molecule has 0 fully saturated rings. The zero-order chi connectivity index (χ0) is 21.3. The first kappa shape index (κ1) is 21.6. The minimum atomic E-state index is -0.575. The normalized spacial score (nSPS) is 10.3. The first-order chi connectivity index (χ1) is 14.6. The fraction of sp³-hybridized carbons (Fsp3) is 0.167. The first-order valence-corrected chi connectivity index (χ1v) is 10.3. The summed E-state index contributed by atoms with van der Waals surface area (Å²) < 4.78 is 17.0. The van der Waals surface area contributed by atoms with Gasteiger partial charge in [0.05, 0.1) is 18.8 Å². The predicted octanol–water partition coefficient (Wildman–Crippen LogP) is 5.47. The highest BCUT2D eigenvalue weighted by atomic mass is 79.9. The zero-order valence-electron chi connectivity index (χ0n) is 16.5. The summed E-state index contributed by atoms with van der Waals surface area (Å²) in [5, 5.41) is 0. The lowest BCUT2D eigenvalue weighted by Gasteiger charge is -2.11. The number of esters is 2. The highest BCUT2D eigenvalue weighted by Crippen LogP contribution is 2.25. The molecule has 0 radical (unpaired) electrons. The van der Waals surface area contributed by atoms with Crippen LogP contribution in [0.25, 0.3) is 0 Å². The molecule has 0 heterocycles. The Kier molecular flexibility index (Phi) is 7.63. The molecule has 0 aliphatic rings. The highest BCUT2D eigenvalue weighted by molar-refractivity contribution is 9.10. The summed E-state index contributed by atoms with van der Waals surface area (Å²) in [6, 6.07) is 21.3. The predicted molar refractivity (Wildman–Crippen MR) is 117 cm³/mol. The van der Waals surface area contributed by atoms with Gasteiger partial charge in [-0.3, -0.25) is 0 Å². The molecule has 0 aliphatic carbocycles. The molecule has 0 unspecified atom stereocenters. The number of rotatable bonds is 8. The van der Waals surface area contributed by atoms with Crippen molar-refractivity contribution in [2.45, 2.75) is 13.3 Å². The van der Waals surface area contributed by atoms with Gasteiger partial charge in [0.1, 0.15) is 17.1 Å². The molecule has 30 heavy (non-hydrogen) atoms. The Hall–Kier alpha value is -3.12. The van der Waals surface area contributed by atoms with Crippen LogP contribution in [0.1, 0.15) is 33.2 Å². The summed E-state index contributed by atoms with van der Waals surface area (Å²) in [6.45, 7) is 2.53. The third kappa shape index (κ3) is 5.94. The lowest BCUT2D eigenvalue weighted by molar-refractivity contribution is 0.0507. The van der Waals surface area contributed by atoms with Gasteiger partial charge < -0.3 is 14.2 Å². The van der Waals surface area contributed by atoms with Gasteiger partial charge in [0.15, 0.2) is 0 Å². The quantitative estimate of drug-likeness (QED) is 0.324. The minimum Gasteiger partial charge on any atom is -0.493 e. The molecule has 154 valence electrons. The maximum atomic E-state index is 12.6. The van der Waals surface area contributed by atoms with E-state index in [2.05, 4.69) is 15.9 Å². The van der Waals surface area contributed by atoms with Crippen LogP contribution in [0.4, 0.5) is 0 Å². The van der Waals surface area contributed by atoms with E-state index >= 15 is 0 Å². The largest absolute Gasteiger partial charge is 0.493 e. The maximum absolute atomic E-state index is 12.6. The van der Waals surface area contributed by atoms with Gasteiger partial charge in [-0.05, 0) is 48.9 Å². The molecule has 0 bridgehead atoms. The molecule has 0 aromatic heterocycles. The number of hydrogen-bond acceptors (Lipinski definition) is 5. The third-order valence-electron chi connectivity index (χ3n) is 4.21. The van der Waals surface area contributed by atoms with E-state index in [0.717, 1.165) is 10.0 Å². The third-order valence-corrected chi connectivity index (χ3v) is 4.70. The van der Waals surface area contributed by atoms with Crippen molar-refractivity contribution in [1.82, 2.24) is 0 Å². The summed E-state index contributed by atoms with van der Waals surface area (Å²) in [6.07, 6.45) is 0.629. The number of ether oxygens (including phenoxy) is 3. The van der Waals surface area contributed by atoms with E-state index in [1.165, 1.54) is 6.07 Å². The Morgan fingerprint density at radius 3 is 2.47 bits per heavy atom. The Bertz CT molecular complexity index is 1020. The van der Waals surface area contributed by atoms with Crippen LogP contribution >= 0.6 is 15.9 Å². The molecule has 0 N–H and O–H groups in total. The standard InChI is InChI=1S/C24H21BrO5/c1-2-28-22-12-11-19(25)16-21(22)24(27)30-20-10-6-9-18(15-20)23(26)29-14-13-17-7-4-3-5-8-17/h3-12,15-16H,2,13-14H2,1H3. The van der Waals surface area contributed by atoms with E-state index in [-0.39, 0.29) is 12.4 Å². The molecule has 3 aromatic carbocycles. The molecule has 6 heteroatoms. The highest BCUT2D eigenvalue weighted by Gasteiger charge is 2.17. The van der Waals surface area contributed by atoms with E-state index in [0.29, 0.717) is 29.9 Å². The fourth-order valence-corrected chi connectivity index (χ4v) is 3.14. The second-order valence-electron chi connectivity index (χ2n) is 6.36. The van der Waals surface area contributed by atoms with E-state index in [4.69, 9.17) is 14.2 Å². The van der Waals surface area contributed by atoms with E-state index in [9.17, 15) is 9.59 Å². The Morgan fingerprint density at radius 1 is 0.900 bits per heavy atom. The van der Waals surface area contributed by atoms with Crippen molar-refractivity contribution in [3.05, 3.63) is 94.0 Å². The van der Waals surface area contributed by atoms with Gasteiger partial charge in [0.2, 0.25) is 0 Å². The lowest BCUT2D eigenvalue weighted by atomic mass is 10.2. The summed E-state index contributed by atoms with van der Waals surface area (Å²) >= 11 is 3.35. The van der Waals surface area contributed by atoms with Crippen LogP contribution in [0.15, 0.2) is 77.3 Å². The summed E-state index contributed by atoms with van der Waals surface area (Å²) in [5.74, 6) is -0.363. The molecule has 0 saturated carbocycles. The smallest absolute Gasteiger partial charge is 0.347 e. The topological polar surface area (TPSA) is 61.8 Å². The van der Waals surface area contributed by atoms with Crippen molar-refractivity contribution < 1.29 is 23.8 Å². The molecule has 3 rings (SSSR count). The number of benzene rings is 3. The van der Waals surface area contributed by atoms with Crippen LogP contribution in [-0.2, 0) is 11.2 Å². The van der Waals surface area contributed by atoms with Crippen molar-refractivity contribution >= 4 is 27.9 Å². The van der Waals surface area contributed by atoms with Gasteiger partial charge in [-0.1, -0.05) is 52.3 Å². The van der Waals surface area contributed by atoms with Gasteiger partial charge >= 0.3 is 11.9 Å². The van der Waals surface area contributed by atoms with E-state index in [1.54, 1.807) is 36.4 Å². The molecular weight excluding hydrogens is 448 g/mol. The second kappa shape index (κ2) is 10.6. The van der Waals surface area contributed by atoms with E-state index in [1.807, 2.05) is 37.3 Å². The molecule has 3 aromatic rings. The molecule has 0 amide bonds. The monoisotopic (exact) mass is 468 g/mol. The summed E-state index contributed by atoms with van der Waals surface area (Å²) in [4.78, 5) is 25.0. The number of carbonyl (C=O) groups excluding carboxylic acids is 2. The van der Waals surface area contributed by atoms with Crippen LogP contribution in [-0.4, -0.2) is 25.2 Å². The summed E-state index contributed by atoms with van der Waals surface area (Å²) in [7, 11) is 0. The fourth-order valence-electron chi connectivity index (χ4n) is 2.78. The molecule has 5 nitrogen and oxygen atoms in total. The second-order valence-corrected chi connectivity index (χ2v) is 7.28. The van der Waals surface area contributed by atoms with Gasteiger partial charge in [-0.2, -0.15) is 0 Å². The van der Waals surface area contributed by atoms with Crippen LogP contribution in [0, 0.1) is 0 Å². The Morgan fingerprint density at radius 2 is 1.70 bits per heavy atom. The molecule has 0 aliphatic heterocycles. The molecular formula is C24H21BrO5. The van der Waals surface area contributed by atoms with Crippen molar-refractivity contribution in [3.63, 3.8) is 0 Å². The molecule has 0 spiro atoms. The molecule has 0 saturated heterocycles. The van der Waals surface area contributed by atoms with Gasteiger partial charge in [0, 0.05) is 10.9 Å². The van der Waals surface area contributed by atoms with Crippen molar-refractivity contribution in [2.75, 3.05) is 13.2 Å². The number of hydrogen-bond donors (Lipinski definition) is 0. The van der Waals surface area contributed by atoms with E-state index < -0.39 is 11.9 Å².